The Kier molecular flexibility index (Phi) is 3.21. The maximum Gasteiger partial charge on any atom is 0.199 e. The number of aliphatic carboxylic acids is 1. The number of hydrogen-bond donors (Lipinski definition) is 1. The Balaban J connectivity index is 1.85. The van der Waals surface area contributed by atoms with Crippen LogP contribution in [0.4, 0.5) is 0 Å². The molecule has 1 unspecified atom stereocenters. The molecule has 0 aliphatic carbocycles. The zero-order valence-electron chi connectivity index (χ0n) is 15.5. The van der Waals surface area contributed by atoms with Gasteiger partial charge in [0.1, 0.15) is 5.97 Å². The van der Waals surface area contributed by atoms with Crippen LogP contribution in [0.15, 0.2) is 24.3 Å². The highest BCUT2D eigenvalue weighted by molar-refractivity contribution is 5.89. The van der Waals surface area contributed by atoms with E-state index >= 15 is 0 Å². The Bertz CT molecular complexity index is 906. The van der Waals surface area contributed by atoms with Crippen LogP contribution in [0.1, 0.15) is 43.9 Å². The van der Waals surface area contributed by atoms with Gasteiger partial charge in [0.05, 0.1) is 24.2 Å². The van der Waals surface area contributed by atoms with E-state index in [1.54, 1.807) is 7.11 Å². The number of H-pyrrole nitrogens is 1. The van der Waals surface area contributed by atoms with Crippen LogP contribution in [0.5, 0.6) is 0 Å². The minimum absolute atomic E-state index is 0.0706. The minimum Gasteiger partial charge on any atom is -0.543 e. The molecule has 2 aromatic rings. The van der Waals surface area contributed by atoms with E-state index in [0.717, 1.165) is 55.4 Å². The molecule has 0 radical (unpaired) electrons. The van der Waals surface area contributed by atoms with Crippen LogP contribution in [0.2, 0.25) is 0 Å². The van der Waals surface area contributed by atoms with Gasteiger partial charge in [-0.15, -0.1) is 0 Å². The molecule has 2 saturated heterocycles. The van der Waals surface area contributed by atoms with Crippen molar-refractivity contribution in [2.24, 2.45) is 5.41 Å². The maximum absolute atomic E-state index is 12.9. The summed E-state index contributed by atoms with van der Waals surface area (Å²) in [5.41, 5.74) is 1.96. The largest absolute Gasteiger partial charge is 0.543 e. The van der Waals surface area contributed by atoms with Crippen molar-refractivity contribution in [2.75, 3.05) is 20.2 Å². The number of carboxylic acids is 1. The van der Waals surface area contributed by atoms with Gasteiger partial charge in [0.25, 0.3) is 0 Å². The molecule has 3 aliphatic heterocycles. The van der Waals surface area contributed by atoms with E-state index in [4.69, 9.17) is 4.74 Å². The van der Waals surface area contributed by atoms with Gasteiger partial charge < -0.3 is 19.6 Å². The number of fused-ring (bicyclic) bond motifs is 5. The van der Waals surface area contributed by atoms with Gasteiger partial charge in [-0.05, 0) is 30.9 Å². The van der Waals surface area contributed by atoms with Crippen molar-refractivity contribution in [2.45, 2.75) is 50.8 Å². The molecular weight excluding hydrogens is 328 g/mol. The average molecular weight is 354 g/mol. The summed E-state index contributed by atoms with van der Waals surface area (Å²) in [5.74, 6) is -0.940. The van der Waals surface area contributed by atoms with Gasteiger partial charge in [-0.25, -0.2) is 0 Å². The summed E-state index contributed by atoms with van der Waals surface area (Å²) >= 11 is 0. The quantitative estimate of drug-likeness (QED) is 0.858. The molecule has 1 spiro atoms. The smallest absolute Gasteiger partial charge is 0.199 e. The number of quaternary nitrogens is 1. The predicted octanol–water partition coefficient (Wildman–Crippen LogP) is 2.05. The van der Waals surface area contributed by atoms with E-state index < -0.39 is 11.5 Å². The third kappa shape index (κ3) is 1.58. The van der Waals surface area contributed by atoms with Crippen molar-refractivity contribution in [3.63, 3.8) is 0 Å². The molecule has 0 amide bonds. The third-order valence-electron chi connectivity index (χ3n) is 7.83. The fourth-order valence-corrected chi connectivity index (χ4v) is 6.85. The Morgan fingerprint density at radius 2 is 2.19 bits per heavy atom. The number of rotatable bonds is 3. The molecule has 26 heavy (non-hydrogen) atoms. The van der Waals surface area contributed by atoms with Gasteiger partial charge in [0, 0.05) is 30.9 Å². The molecule has 2 bridgehead atoms. The summed E-state index contributed by atoms with van der Waals surface area (Å²) in [4.78, 5) is 16.4. The number of hydrogen-bond acceptors (Lipinski definition) is 3. The number of methoxy groups -OCH3 is 1. The molecule has 5 heteroatoms. The number of aromatic amines is 1. The number of para-hydroxylation sites is 1. The van der Waals surface area contributed by atoms with Crippen molar-refractivity contribution in [1.82, 2.24) is 4.98 Å². The lowest BCUT2D eigenvalue weighted by Crippen LogP contribution is -2.72. The van der Waals surface area contributed by atoms with Crippen molar-refractivity contribution in [3.05, 3.63) is 35.5 Å². The first-order valence-electron chi connectivity index (χ1n) is 9.76. The number of nitrogens with zero attached hydrogens (tertiary/aromatic N) is 1. The highest BCUT2D eigenvalue weighted by atomic mass is 16.5. The number of carbonyl (C=O) groups is 1. The van der Waals surface area contributed by atoms with Crippen LogP contribution < -0.4 is 5.11 Å². The second-order valence-corrected chi connectivity index (χ2v) is 8.49. The predicted molar refractivity (Wildman–Crippen MR) is 96.1 cm³/mol. The van der Waals surface area contributed by atoms with Crippen LogP contribution in [-0.4, -0.2) is 41.9 Å². The van der Waals surface area contributed by atoms with Gasteiger partial charge in [-0.3, -0.25) is 4.48 Å². The first kappa shape index (κ1) is 16.3. The average Bonchev–Trinajstić information content (AvgIpc) is 3.09. The Morgan fingerprint density at radius 1 is 1.38 bits per heavy atom. The van der Waals surface area contributed by atoms with E-state index in [0.29, 0.717) is 10.9 Å². The van der Waals surface area contributed by atoms with Crippen LogP contribution in [0.3, 0.4) is 0 Å². The normalized spacial score (nSPS) is 38.2. The van der Waals surface area contributed by atoms with Gasteiger partial charge >= 0.3 is 0 Å². The summed E-state index contributed by atoms with van der Waals surface area (Å²) in [6.07, 6.45) is 4.45. The van der Waals surface area contributed by atoms with Crippen molar-refractivity contribution >= 4 is 16.9 Å². The first-order valence-corrected chi connectivity index (χ1v) is 9.76. The van der Waals surface area contributed by atoms with E-state index in [2.05, 4.69) is 18.0 Å². The highest BCUT2D eigenvalue weighted by Crippen LogP contribution is 2.64. The van der Waals surface area contributed by atoms with Crippen LogP contribution in [0.25, 0.3) is 10.9 Å². The molecule has 2 fully saturated rings. The number of benzene rings is 1. The topological polar surface area (TPSA) is 65.2 Å². The molecule has 4 heterocycles. The second kappa shape index (κ2) is 5.11. The van der Waals surface area contributed by atoms with Gasteiger partial charge in [-0.2, -0.15) is 0 Å². The Hall–Kier alpha value is -1.85. The summed E-state index contributed by atoms with van der Waals surface area (Å²) in [7, 11) is 1.76. The fraction of sp³-hybridized carbons (Fsp3) is 0.571. The van der Waals surface area contributed by atoms with Gasteiger partial charge in [0.2, 0.25) is 0 Å². The SMILES string of the molecule is CC[C@]12CCC[N@@+]3(CCc4c([nH]c5ccccc45)[C@@]3(C(=O)[O-])C1)C2OC. The lowest BCUT2D eigenvalue weighted by molar-refractivity contribution is -1.01. The van der Waals surface area contributed by atoms with Crippen LogP contribution >= 0.6 is 0 Å². The van der Waals surface area contributed by atoms with Gasteiger partial charge in [-0.1, -0.05) is 25.1 Å². The molecule has 1 N–H and O–H groups in total. The molecule has 1 aromatic carbocycles. The third-order valence-corrected chi connectivity index (χ3v) is 7.83. The van der Waals surface area contributed by atoms with Crippen molar-refractivity contribution in [3.8, 4) is 0 Å². The first-order chi connectivity index (χ1) is 12.5. The number of aromatic nitrogens is 1. The summed E-state index contributed by atoms with van der Waals surface area (Å²) in [6.45, 7) is 3.84. The summed E-state index contributed by atoms with van der Waals surface area (Å²) in [6, 6.07) is 8.17. The lowest BCUT2D eigenvalue weighted by atomic mass is 9.73. The number of piperidine rings is 1. The fourth-order valence-electron chi connectivity index (χ4n) is 6.85. The van der Waals surface area contributed by atoms with Crippen LogP contribution in [-0.2, 0) is 21.5 Å². The molecule has 0 saturated carbocycles. The molecule has 4 atom stereocenters. The highest BCUT2D eigenvalue weighted by Gasteiger charge is 2.75. The van der Waals surface area contributed by atoms with Crippen molar-refractivity contribution < 1.29 is 19.1 Å². The number of ether oxygens (including phenoxy) is 1. The molecule has 1 aromatic heterocycles. The lowest BCUT2D eigenvalue weighted by Gasteiger charge is -2.55. The zero-order chi connectivity index (χ0) is 18.2. The van der Waals surface area contributed by atoms with E-state index in [9.17, 15) is 9.90 Å². The van der Waals surface area contributed by atoms with Crippen molar-refractivity contribution in [1.29, 1.82) is 0 Å². The molecule has 3 aliphatic rings. The van der Waals surface area contributed by atoms with E-state index in [1.165, 1.54) is 5.56 Å². The van der Waals surface area contributed by atoms with Gasteiger partial charge in [0.15, 0.2) is 11.8 Å². The molecular formula is C21H26N2O3. The number of carbonyl (C=O) groups excluding carboxylic acids is 1. The Labute approximate surface area is 153 Å². The molecule has 5 nitrogen and oxygen atoms in total. The number of nitrogens with one attached hydrogen (secondary N) is 1. The maximum atomic E-state index is 12.9. The zero-order valence-corrected chi connectivity index (χ0v) is 15.5. The molecule has 5 rings (SSSR count). The molecule has 138 valence electrons. The number of carboxylic acid groups (broad SMARTS) is 1. The Morgan fingerprint density at radius 3 is 2.92 bits per heavy atom. The second-order valence-electron chi connectivity index (χ2n) is 8.49. The standard InChI is InChI=1S/C21H26N2O3/c1-3-20-10-6-11-23(18(20)26-2)12-9-15-14-7-4-5-8-16(14)22-17(15)21(23,13-20)19(24)25/h4-5,7-8,18,22H,3,6,9-13H2,1-2H3/t18?,20-,21+,23+/m0/s1. The van der Waals surface area contributed by atoms with Crippen LogP contribution in [0, 0.1) is 5.41 Å². The summed E-state index contributed by atoms with van der Waals surface area (Å²) in [5, 5.41) is 14.0. The van der Waals surface area contributed by atoms with E-state index in [1.807, 2.05) is 18.2 Å². The minimum atomic E-state index is -1.03. The monoisotopic (exact) mass is 354 g/mol. The summed E-state index contributed by atoms with van der Waals surface area (Å²) < 4.78 is 6.56. The van der Waals surface area contributed by atoms with E-state index in [-0.39, 0.29) is 11.6 Å².